The Morgan fingerprint density at radius 2 is 2.10 bits per heavy atom. The fraction of sp³-hybridized carbons (Fsp3) is 0.400. The van der Waals surface area contributed by atoms with Gasteiger partial charge in [0.15, 0.2) is 0 Å². The summed E-state index contributed by atoms with van der Waals surface area (Å²) < 4.78 is 11.0. The number of anilines is 1. The maximum atomic E-state index is 12.1. The number of ether oxygens (including phenoxy) is 1. The summed E-state index contributed by atoms with van der Waals surface area (Å²) in [4.78, 5) is 14.3. The van der Waals surface area contributed by atoms with Gasteiger partial charge < -0.3 is 19.8 Å². The summed E-state index contributed by atoms with van der Waals surface area (Å²) in [6, 6.07) is 6.98. The number of benzene rings is 1. The molecule has 5 heteroatoms. The van der Waals surface area contributed by atoms with Crippen molar-refractivity contribution in [1.82, 2.24) is 4.90 Å². The molecule has 0 spiro atoms. The van der Waals surface area contributed by atoms with E-state index < -0.39 is 5.97 Å². The van der Waals surface area contributed by atoms with Gasteiger partial charge in [0.1, 0.15) is 11.7 Å². The maximum Gasteiger partial charge on any atom is 0.374 e. The number of hydrogen-bond donors (Lipinski definition) is 1. The second kappa shape index (κ2) is 5.17. The average Bonchev–Trinajstić information content (AvgIpc) is 2.84. The number of carbonyl (C=O) groups is 1. The fourth-order valence-electron chi connectivity index (χ4n) is 2.47. The topological polar surface area (TPSA) is 68.7 Å². The lowest BCUT2D eigenvalue weighted by atomic mass is 10.1. The number of furan rings is 1. The van der Waals surface area contributed by atoms with Gasteiger partial charge in [0, 0.05) is 24.2 Å². The van der Waals surface area contributed by atoms with Gasteiger partial charge in [-0.15, -0.1) is 0 Å². The van der Waals surface area contributed by atoms with E-state index in [1.807, 2.05) is 0 Å². The highest BCUT2D eigenvalue weighted by molar-refractivity contribution is 5.93. The Labute approximate surface area is 117 Å². The summed E-state index contributed by atoms with van der Waals surface area (Å²) in [7, 11) is 2.07. The molecular formula is C15H18N2O3. The molecular weight excluding hydrogens is 256 g/mol. The van der Waals surface area contributed by atoms with Crippen LogP contribution in [0.5, 0.6) is 0 Å². The van der Waals surface area contributed by atoms with Gasteiger partial charge in [-0.2, -0.15) is 0 Å². The standard InChI is InChI=1S/C15H18N2O3/c1-17-6-4-12(5-7-17)19-15(18)14-9-10-8-11(16)2-3-13(10)20-14/h2-3,8-9,12H,4-7,16H2,1H3. The number of piperidine rings is 1. The molecule has 0 radical (unpaired) electrons. The zero-order chi connectivity index (χ0) is 14.1. The number of carbonyl (C=O) groups excluding carboxylic acids is 1. The molecule has 1 aliphatic heterocycles. The Balaban J connectivity index is 1.72. The van der Waals surface area contributed by atoms with E-state index in [0.717, 1.165) is 31.3 Å². The van der Waals surface area contributed by atoms with Crippen LogP contribution < -0.4 is 5.73 Å². The molecule has 0 unspecified atom stereocenters. The maximum absolute atomic E-state index is 12.1. The highest BCUT2D eigenvalue weighted by Gasteiger charge is 2.22. The number of esters is 1. The Bertz CT molecular complexity index is 627. The number of nitrogens with two attached hydrogens (primary N) is 1. The predicted molar refractivity (Wildman–Crippen MR) is 76.6 cm³/mol. The van der Waals surface area contributed by atoms with Gasteiger partial charge in [-0.25, -0.2) is 4.79 Å². The summed E-state index contributed by atoms with van der Waals surface area (Å²) >= 11 is 0. The molecule has 106 valence electrons. The van der Waals surface area contributed by atoms with Crippen LogP contribution in [0.3, 0.4) is 0 Å². The molecule has 2 heterocycles. The molecule has 2 aromatic rings. The predicted octanol–water partition coefficient (Wildman–Crippen LogP) is 2.27. The minimum Gasteiger partial charge on any atom is -0.456 e. The molecule has 20 heavy (non-hydrogen) atoms. The van der Waals surface area contributed by atoms with Crippen LogP contribution in [0.15, 0.2) is 28.7 Å². The van der Waals surface area contributed by atoms with Crippen LogP contribution in [0.2, 0.25) is 0 Å². The molecule has 1 aliphatic rings. The summed E-state index contributed by atoms with van der Waals surface area (Å²) in [6.45, 7) is 1.91. The third-order valence-electron chi connectivity index (χ3n) is 3.68. The number of nitrogen functional groups attached to an aromatic ring is 1. The Morgan fingerprint density at radius 1 is 1.35 bits per heavy atom. The van der Waals surface area contributed by atoms with Crippen LogP contribution in [0.25, 0.3) is 11.0 Å². The number of hydrogen-bond acceptors (Lipinski definition) is 5. The zero-order valence-corrected chi connectivity index (χ0v) is 11.5. The van der Waals surface area contributed by atoms with E-state index in [1.54, 1.807) is 24.3 Å². The molecule has 1 saturated heterocycles. The molecule has 3 rings (SSSR count). The molecule has 0 bridgehead atoms. The first-order chi connectivity index (χ1) is 9.61. The first kappa shape index (κ1) is 13.0. The van der Waals surface area contributed by atoms with Gasteiger partial charge in [-0.1, -0.05) is 0 Å². The summed E-state index contributed by atoms with van der Waals surface area (Å²) in [5.41, 5.74) is 7.00. The van der Waals surface area contributed by atoms with Crippen LogP contribution in [-0.2, 0) is 4.74 Å². The van der Waals surface area contributed by atoms with E-state index in [0.29, 0.717) is 11.3 Å². The smallest absolute Gasteiger partial charge is 0.374 e. The highest BCUT2D eigenvalue weighted by Crippen LogP contribution is 2.23. The third kappa shape index (κ3) is 2.63. The van der Waals surface area contributed by atoms with Crippen molar-refractivity contribution in [3.05, 3.63) is 30.0 Å². The Morgan fingerprint density at radius 3 is 2.85 bits per heavy atom. The molecule has 0 aliphatic carbocycles. The van der Waals surface area contributed by atoms with Gasteiger partial charge in [0.25, 0.3) is 0 Å². The molecule has 1 aromatic carbocycles. The van der Waals surface area contributed by atoms with E-state index in [2.05, 4.69) is 11.9 Å². The molecule has 1 fully saturated rings. The molecule has 0 saturated carbocycles. The minimum absolute atomic E-state index is 0.0167. The lowest BCUT2D eigenvalue weighted by Crippen LogP contribution is -2.35. The molecule has 5 nitrogen and oxygen atoms in total. The van der Waals surface area contributed by atoms with Crippen molar-refractivity contribution in [1.29, 1.82) is 0 Å². The number of fused-ring (bicyclic) bond motifs is 1. The lowest BCUT2D eigenvalue weighted by molar-refractivity contribution is 0.0110. The Kier molecular flexibility index (Phi) is 3.36. The minimum atomic E-state index is -0.394. The number of rotatable bonds is 2. The van der Waals surface area contributed by atoms with Gasteiger partial charge in [-0.3, -0.25) is 0 Å². The molecule has 0 amide bonds. The van der Waals surface area contributed by atoms with Crippen LogP contribution in [0.4, 0.5) is 5.69 Å². The lowest BCUT2D eigenvalue weighted by Gasteiger charge is -2.28. The van der Waals surface area contributed by atoms with Crippen molar-refractivity contribution in [2.75, 3.05) is 25.9 Å². The monoisotopic (exact) mass is 274 g/mol. The number of likely N-dealkylation sites (tertiary alicyclic amines) is 1. The van der Waals surface area contributed by atoms with Gasteiger partial charge in [0.2, 0.25) is 5.76 Å². The summed E-state index contributed by atoms with van der Waals surface area (Å²) in [6.07, 6.45) is 1.72. The quantitative estimate of drug-likeness (QED) is 0.672. The average molecular weight is 274 g/mol. The normalized spacial score (nSPS) is 17.4. The van der Waals surface area contributed by atoms with Gasteiger partial charge in [0.05, 0.1) is 0 Å². The van der Waals surface area contributed by atoms with Crippen molar-refractivity contribution in [3.8, 4) is 0 Å². The van der Waals surface area contributed by atoms with Gasteiger partial charge in [-0.05, 0) is 44.2 Å². The number of nitrogens with zero attached hydrogens (tertiary/aromatic N) is 1. The second-order valence-electron chi connectivity index (χ2n) is 5.32. The zero-order valence-electron chi connectivity index (χ0n) is 11.5. The van der Waals surface area contributed by atoms with Crippen LogP contribution in [0.1, 0.15) is 23.4 Å². The second-order valence-corrected chi connectivity index (χ2v) is 5.32. The first-order valence-electron chi connectivity index (χ1n) is 6.80. The molecule has 0 atom stereocenters. The largest absolute Gasteiger partial charge is 0.456 e. The van der Waals surface area contributed by atoms with Crippen LogP contribution in [-0.4, -0.2) is 37.1 Å². The van der Waals surface area contributed by atoms with Crippen LogP contribution >= 0.6 is 0 Å². The van der Waals surface area contributed by atoms with E-state index in [4.69, 9.17) is 14.9 Å². The highest BCUT2D eigenvalue weighted by atomic mass is 16.6. The summed E-state index contributed by atoms with van der Waals surface area (Å²) in [5, 5.41) is 0.820. The van der Waals surface area contributed by atoms with Crippen molar-refractivity contribution in [3.63, 3.8) is 0 Å². The van der Waals surface area contributed by atoms with Crippen molar-refractivity contribution >= 4 is 22.6 Å². The van der Waals surface area contributed by atoms with E-state index in [-0.39, 0.29) is 11.9 Å². The van der Waals surface area contributed by atoms with Crippen LogP contribution in [0, 0.1) is 0 Å². The summed E-state index contributed by atoms with van der Waals surface area (Å²) in [5.74, 6) is -0.154. The first-order valence-corrected chi connectivity index (χ1v) is 6.80. The molecule has 1 aromatic heterocycles. The molecule has 2 N–H and O–H groups in total. The van der Waals surface area contributed by atoms with E-state index in [9.17, 15) is 4.79 Å². The van der Waals surface area contributed by atoms with Crippen molar-refractivity contribution in [2.45, 2.75) is 18.9 Å². The fourth-order valence-corrected chi connectivity index (χ4v) is 2.47. The SMILES string of the molecule is CN1CCC(OC(=O)c2cc3cc(N)ccc3o2)CC1. The van der Waals surface area contributed by atoms with Gasteiger partial charge >= 0.3 is 5.97 Å². The van der Waals surface area contributed by atoms with E-state index >= 15 is 0 Å². The third-order valence-corrected chi connectivity index (χ3v) is 3.68. The Hall–Kier alpha value is -2.01. The van der Waals surface area contributed by atoms with Crippen molar-refractivity contribution < 1.29 is 13.9 Å². The van der Waals surface area contributed by atoms with Crippen molar-refractivity contribution in [2.24, 2.45) is 0 Å². The van der Waals surface area contributed by atoms with E-state index in [1.165, 1.54) is 0 Å².